The van der Waals surface area contributed by atoms with Gasteiger partial charge >= 0.3 is 0 Å². The zero-order valence-corrected chi connectivity index (χ0v) is 11.3. The van der Waals surface area contributed by atoms with Gasteiger partial charge in [0.05, 0.1) is 0 Å². The van der Waals surface area contributed by atoms with Gasteiger partial charge in [0, 0.05) is 5.57 Å². The number of hydrogen-bond acceptors (Lipinski definition) is 1. The first-order valence-electron chi connectivity index (χ1n) is 6.34. The molecule has 1 atom stereocenters. The monoisotopic (exact) mass is 220 g/mol. The van der Waals surface area contributed by atoms with Crippen molar-refractivity contribution in [3.8, 4) is 0 Å². The van der Waals surface area contributed by atoms with Gasteiger partial charge in [-0.1, -0.05) is 39.3 Å². The van der Waals surface area contributed by atoms with Crippen LogP contribution in [0, 0.1) is 11.3 Å². The molecule has 1 aliphatic carbocycles. The molecule has 0 bridgehead atoms. The maximum Gasteiger partial charge on any atom is 0.181 e. The van der Waals surface area contributed by atoms with Gasteiger partial charge in [-0.05, 0) is 43.6 Å². The molecule has 0 saturated carbocycles. The van der Waals surface area contributed by atoms with Crippen LogP contribution in [-0.4, -0.2) is 5.78 Å². The highest BCUT2D eigenvalue weighted by Crippen LogP contribution is 2.44. The Morgan fingerprint density at radius 2 is 2.12 bits per heavy atom. The van der Waals surface area contributed by atoms with Gasteiger partial charge in [-0.15, -0.1) is 0 Å². The Bertz CT molecular complexity index is 331. The quantitative estimate of drug-likeness (QED) is 0.648. The summed E-state index contributed by atoms with van der Waals surface area (Å²) in [6.45, 7) is 10.7. The molecule has 90 valence electrons. The normalized spacial score (nSPS) is 25.2. The van der Waals surface area contributed by atoms with E-state index in [4.69, 9.17) is 0 Å². The molecule has 1 aliphatic rings. The number of ketones is 1. The second-order valence-corrected chi connectivity index (χ2v) is 5.44. The molecule has 0 N–H and O–H groups in total. The lowest BCUT2D eigenvalue weighted by Crippen LogP contribution is -2.29. The van der Waals surface area contributed by atoms with Crippen LogP contribution in [0.15, 0.2) is 23.3 Å². The zero-order chi connectivity index (χ0) is 12.3. The van der Waals surface area contributed by atoms with Gasteiger partial charge in [0.2, 0.25) is 0 Å². The predicted octanol–water partition coefficient (Wildman–Crippen LogP) is 4.29. The largest absolute Gasteiger partial charge is 0.290 e. The minimum Gasteiger partial charge on any atom is -0.290 e. The molecular weight excluding hydrogens is 196 g/mol. The molecule has 0 radical (unpaired) electrons. The van der Waals surface area contributed by atoms with Gasteiger partial charge < -0.3 is 0 Å². The van der Waals surface area contributed by atoms with E-state index < -0.39 is 0 Å². The third-order valence-electron chi connectivity index (χ3n) is 3.74. The van der Waals surface area contributed by atoms with Crippen LogP contribution >= 0.6 is 0 Å². The Kier molecular flexibility index (Phi) is 4.12. The lowest BCUT2D eigenvalue weighted by atomic mass is 9.67. The second-order valence-electron chi connectivity index (χ2n) is 5.44. The van der Waals surface area contributed by atoms with Crippen LogP contribution in [0.4, 0.5) is 0 Å². The standard InChI is InChI=1S/C15H24O/c1-6-8-13(16)14-12(7-2)11(3)9-10-15(14,4)5/h6,8,11H,7,9-10H2,1-5H3/b8-6+. The minimum atomic E-state index is 0.0500. The topological polar surface area (TPSA) is 17.1 Å². The average molecular weight is 220 g/mol. The highest BCUT2D eigenvalue weighted by molar-refractivity contribution is 6.05. The van der Waals surface area contributed by atoms with Crippen molar-refractivity contribution in [1.29, 1.82) is 0 Å². The van der Waals surface area contributed by atoms with Crippen LogP contribution in [-0.2, 0) is 4.79 Å². The van der Waals surface area contributed by atoms with Crippen LogP contribution in [0.2, 0.25) is 0 Å². The summed E-state index contributed by atoms with van der Waals surface area (Å²) in [6, 6.07) is 0. The van der Waals surface area contributed by atoms with E-state index in [9.17, 15) is 4.79 Å². The van der Waals surface area contributed by atoms with Gasteiger partial charge in [-0.25, -0.2) is 0 Å². The minimum absolute atomic E-state index is 0.0500. The van der Waals surface area contributed by atoms with Crippen molar-refractivity contribution in [2.24, 2.45) is 11.3 Å². The summed E-state index contributed by atoms with van der Waals surface area (Å²) in [6.07, 6.45) is 6.89. The Hall–Kier alpha value is -0.850. The first-order valence-corrected chi connectivity index (χ1v) is 6.34. The number of carbonyl (C=O) groups is 1. The van der Waals surface area contributed by atoms with Crippen molar-refractivity contribution >= 4 is 5.78 Å². The van der Waals surface area contributed by atoms with Crippen LogP contribution in [0.5, 0.6) is 0 Å². The van der Waals surface area contributed by atoms with Crippen molar-refractivity contribution < 1.29 is 4.79 Å². The van der Waals surface area contributed by atoms with Gasteiger partial charge in [-0.2, -0.15) is 0 Å². The highest BCUT2D eigenvalue weighted by atomic mass is 16.1. The van der Waals surface area contributed by atoms with Crippen molar-refractivity contribution in [2.45, 2.75) is 53.9 Å². The molecule has 0 aromatic carbocycles. The molecule has 1 unspecified atom stereocenters. The lowest BCUT2D eigenvalue weighted by molar-refractivity contribution is -0.112. The Balaban J connectivity index is 3.25. The van der Waals surface area contributed by atoms with E-state index in [1.807, 2.05) is 13.0 Å². The molecule has 0 saturated heterocycles. The van der Waals surface area contributed by atoms with Crippen LogP contribution in [0.25, 0.3) is 0 Å². The molecule has 0 aliphatic heterocycles. The summed E-state index contributed by atoms with van der Waals surface area (Å²) in [5.41, 5.74) is 2.50. The van der Waals surface area contributed by atoms with E-state index >= 15 is 0 Å². The Morgan fingerprint density at radius 3 is 2.62 bits per heavy atom. The number of allylic oxidation sites excluding steroid dienone is 4. The Morgan fingerprint density at radius 1 is 1.50 bits per heavy atom. The van der Waals surface area contributed by atoms with E-state index in [0.717, 1.165) is 18.4 Å². The van der Waals surface area contributed by atoms with E-state index in [1.165, 1.54) is 12.0 Å². The summed E-state index contributed by atoms with van der Waals surface area (Å²) in [5, 5.41) is 0. The fourth-order valence-electron chi connectivity index (χ4n) is 2.81. The highest BCUT2D eigenvalue weighted by Gasteiger charge is 2.35. The fourth-order valence-corrected chi connectivity index (χ4v) is 2.81. The van der Waals surface area contributed by atoms with Gasteiger partial charge in [-0.3, -0.25) is 4.79 Å². The van der Waals surface area contributed by atoms with Crippen LogP contribution < -0.4 is 0 Å². The third-order valence-corrected chi connectivity index (χ3v) is 3.74. The SMILES string of the molecule is C/C=C/C(=O)C1=C(CC)C(C)CCC1(C)C. The van der Waals surface area contributed by atoms with E-state index in [2.05, 4.69) is 27.7 Å². The van der Waals surface area contributed by atoms with Crippen LogP contribution in [0.1, 0.15) is 53.9 Å². The predicted molar refractivity (Wildman–Crippen MR) is 69.3 cm³/mol. The van der Waals surface area contributed by atoms with E-state index in [-0.39, 0.29) is 11.2 Å². The molecule has 0 aromatic rings. The smallest absolute Gasteiger partial charge is 0.181 e. The second kappa shape index (κ2) is 4.99. The third kappa shape index (κ3) is 2.45. The molecule has 0 aromatic heterocycles. The first kappa shape index (κ1) is 13.2. The zero-order valence-electron chi connectivity index (χ0n) is 11.3. The fraction of sp³-hybridized carbons (Fsp3) is 0.667. The molecule has 0 fully saturated rings. The molecule has 0 heterocycles. The van der Waals surface area contributed by atoms with Crippen molar-refractivity contribution in [1.82, 2.24) is 0 Å². The number of hydrogen-bond donors (Lipinski definition) is 0. The van der Waals surface area contributed by atoms with Crippen LogP contribution in [0.3, 0.4) is 0 Å². The summed E-state index contributed by atoms with van der Waals surface area (Å²) < 4.78 is 0. The van der Waals surface area contributed by atoms with Gasteiger partial charge in [0.15, 0.2) is 5.78 Å². The summed E-state index contributed by atoms with van der Waals surface area (Å²) in [4.78, 5) is 12.2. The summed E-state index contributed by atoms with van der Waals surface area (Å²) in [5.74, 6) is 0.790. The molecule has 1 nitrogen and oxygen atoms in total. The van der Waals surface area contributed by atoms with E-state index in [0.29, 0.717) is 5.92 Å². The molecular formula is C15H24O. The maximum absolute atomic E-state index is 12.2. The lowest BCUT2D eigenvalue weighted by Gasteiger charge is -2.37. The Labute approximate surface area is 99.6 Å². The van der Waals surface area contributed by atoms with Crippen molar-refractivity contribution in [2.75, 3.05) is 0 Å². The average Bonchev–Trinajstić information content (AvgIpc) is 2.21. The molecule has 0 spiro atoms. The number of rotatable bonds is 3. The summed E-state index contributed by atoms with van der Waals surface area (Å²) in [7, 11) is 0. The van der Waals surface area contributed by atoms with Crippen molar-refractivity contribution in [3.05, 3.63) is 23.3 Å². The molecule has 1 rings (SSSR count). The van der Waals surface area contributed by atoms with Gasteiger partial charge in [0.25, 0.3) is 0 Å². The molecule has 0 amide bonds. The van der Waals surface area contributed by atoms with E-state index in [1.54, 1.807) is 6.08 Å². The maximum atomic E-state index is 12.2. The van der Waals surface area contributed by atoms with Gasteiger partial charge in [0.1, 0.15) is 0 Å². The molecule has 1 heteroatoms. The van der Waals surface area contributed by atoms with Crippen molar-refractivity contribution in [3.63, 3.8) is 0 Å². The number of carbonyl (C=O) groups excluding carboxylic acids is 1. The molecule has 16 heavy (non-hydrogen) atoms. The summed E-state index contributed by atoms with van der Waals surface area (Å²) >= 11 is 0. The first-order chi connectivity index (χ1) is 7.44.